The van der Waals surface area contributed by atoms with Gasteiger partial charge in [0.25, 0.3) is 0 Å². The lowest BCUT2D eigenvalue weighted by Crippen LogP contribution is -2.33. The number of hydrogen-bond donors (Lipinski definition) is 2. The van der Waals surface area contributed by atoms with Crippen molar-refractivity contribution in [3.63, 3.8) is 0 Å². The summed E-state index contributed by atoms with van der Waals surface area (Å²) in [4.78, 5) is 0. The Morgan fingerprint density at radius 2 is 2.11 bits per heavy atom. The van der Waals surface area contributed by atoms with Crippen LogP contribution in [0, 0.1) is 11.3 Å². The summed E-state index contributed by atoms with van der Waals surface area (Å²) in [5, 5.41) is 17.6. The van der Waals surface area contributed by atoms with Crippen LogP contribution in [0.1, 0.15) is 30.9 Å². The summed E-state index contributed by atoms with van der Waals surface area (Å²) in [6.07, 6.45) is 1.13. The molecule has 19 heavy (non-hydrogen) atoms. The Balaban J connectivity index is 2.72. The topological polar surface area (TPSA) is 90.2 Å². The molecular formula is C13H18N2O3S. The fraction of sp³-hybridized carbons (Fsp3) is 0.462. The third kappa shape index (κ3) is 5.39. The lowest BCUT2D eigenvalue weighted by Gasteiger charge is -2.14. The lowest BCUT2D eigenvalue weighted by atomic mass is 10.1. The number of aliphatic hydroxyl groups is 1. The summed E-state index contributed by atoms with van der Waals surface area (Å²) in [6, 6.07) is 8.39. The van der Waals surface area contributed by atoms with Gasteiger partial charge in [-0.1, -0.05) is 18.2 Å². The van der Waals surface area contributed by atoms with Crippen molar-refractivity contribution in [1.29, 1.82) is 5.26 Å². The summed E-state index contributed by atoms with van der Waals surface area (Å²) in [5.74, 6) is -0.208. The Morgan fingerprint density at radius 1 is 1.42 bits per heavy atom. The number of nitrogens with one attached hydrogen (secondary N) is 1. The number of hydrogen-bond acceptors (Lipinski definition) is 4. The van der Waals surface area contributed by atoms with E-state index in [1.807, 2.05) is 6.07 Å². The summed E-state index contributed by atoms with van der Waals surface area (Å²) in [7, 11) is -3.48. The molecule has 0 aromatic heterocycles. The van der Waals surface area contributed by atoms with E-state index in [0.717, 1.165) is 0 Å². The van der Waals surface area contributed by atoms with Crippen molar-refractivity contribution in [3.8, 4) is 6.07 Å². The highest BCUT2D eigenvalue weighted by Crippen LogP contribution is 2.11. The molecular weight excluding hydrogens is 264 g/mol. The van der Waals surface area contributed by atoms with Gasteiger partial charge in [-0.25, -0.2) is 13.1 Å². The Kier molecular flexibility index (Phi) is 5.96. The highest BCUT2D eigenvalue weighted by atomic mass is 32.2. The molecule has 6 heteroatoms. The SMILES string of the molecule is CC(CCCO)NS(=O)(=O)Cc1ccccc1C#N. The van der Waals surface area contributed by atoms with Gasteiger partial charge in [-0.15, -0.1) is 0 Å². The van der Waals surface area contributed by atoms with Gasteiger partial charge >= 0.3 is 0 Å². The highest BCUT2D eigenvalue weighted by molar-refractivity contribution is 7.88. The van der Waals surface area contributed by atoms with Crippen molar-refractivity contribution in [3.05, 3.63) is 35.4 Å². The maximum Gasteiger partial charge on any atom is 0.216 e. The van der Waals surface area contributed by atoms with E-state index >= 15 is 0 Å². The van der Waals surface area contributed by atoms with Gasteiger partial charge in [0.1, 0.15) is 0 Å². The lowest BCUT2D eigenvalue weighted by molar-refractivity contribution is 0.279. The minimum Gasteiger partial charge on any atom is -0.396 e. The number of sulfonamides is 1. The first-order valence-corrected chi connectivity index (χ1v) is 7.72. The molecule has 0 heterocycles. The fourth-order valence-corrected chi connectivity index (χ4v) is 3.24. The minimum atomic E-state index is -3.48. The molecule has 1 rings (SSSR count). The molecule has 104 valence electrons. The van der Waals surface area contributed by atoms with Crippen molar-refractivity contribution in [1.82, 2.24) is 4.72 Å². The van der Waals surface area contributed by atoms with Crippen LogP contribution in [0.5, 0.6) is 0 Å². The first kappa shape index (κ1) is 15.6. The molecule has 0 amide bonds. The molecule has 0 aliphatic rings. The predicted octanol–water partition coefficient (Wildman–Crippen LogP) is 1.14. The van der Waals surface area contributed by atoms with E-state index < -0.39 is 10.0 Å². The van der Waals surface area contributed by atoms with Crippen molar-refractivity contribution in [2.75, 3.05) is 6.61 Å². The van der Waals surface area contributed by atoms with Crippen LogP contribution in [0.3, 0.4) is 0 Å². The van der Waals surface area contributed by atoms with E-state index in [4.69, 9.17) is 10.4 Å². The van der Waals surface area contributed by atoms with Crippen LogP contribution >= 0.6 is 0 Å². The van der Waals surface area contributed by atoms with Gasteiger partial charge in [-0.05, 0) is 31.4 Å². The number of nitriles is 1. The Labute approximate surface area is 113 Å². The van der Waals surface area contributed by atoms with E-state index in [0.29, 0.717) is 24.0 Å². The van der Waals surface area contributed by atoms with Crippen molar-refractivity contribution < 1.29 is 13.5 Å². The standard InChI is InChI=1S/C13H18N2O3S/c1-11(5-4-8-16)15-19(17,18)10-13-7-3-2-6-12(13)9-14/h2-3,6-7,11,15-16H,4-5,8,10H2,1H3. The first-order chi connectivity index (χ1) is 8.98. The smallest absolute Gasteiger partial charge is 0.216 e. The van der Waals surface area contributed by atoms with E-state index in [-0.39, 0.29) is 18.4 Å². The average Bonchev–Trinajstić information content (AvgIpc) is 2.36. The van der Waals surface area contributed by atoms with Crippen molar-refractivity contribution >= 4 is 10.0 Å². The monoisotopic (exact) mass is 282 g/mol. The van der Waals surface area contributed by atoms with Crippen LogP contribution in [-0.2, 0) is 15.8 Å². The maximum absolute atomic E-state index is 12.0. The molecule has 1 aromatic carbocycles. The summed E-state index contributed by atoms with van der Waals surface area (Å²) in [5.41, 5.74) is 0.864. The van der Waals surface area contributed by atoms with Crippen LogP contribution in [0.4, 0.5) is 0 Å². The molecule has 0 spiro atoms. The molecule has 1 unspecified atom stereocenters. The second-order valence-corrected chi connectivity index (χ2v) is 6.17. The molecule has 0 saturated heterocycles. The van der Waals surface area contributed by atoms with E-state index in [1.54, 1.807) is 31.2 Å². The van der Waals surface area contributed by atoms with Crippen LogP contribution in [0.2, 0.25) is 0 Å². The zero-order chi connectivity index (χ0) is 14.3. The Morgan fingerprint density at radius 3 is 2.74 bits per heavy atom. The zero-order valence-electron chi connectivity index (χ0n) is 10.8. The van der Waals surface area contributed by atoms with E-state index in [2.05, 4.69) is 4.72 Å². The molecule has 0 aliphatic carbocycles. The van der Waals surface area contributed by atoms with E-state index in [1.165, 1.54) is 0 Å². The molecule has 1 atom stereocenters. The molecule has 0 radical (unpaired) electrons. The number of benzene rings is 1. The largest absolute Gasteiger partial charge is 0.396 e. The van der Waals surface area contributed by atoms with Crippen LogP contribution in [-0.4, -0.2) is 26.2 Å². The van der Waals surface area contributed by atoms with Gasteiger partial charge in [-0.3, -0.25) is 0 Å². The number of nitrogens with zero attached hydrogens (tertiary/aromatic N) is 1. The van der Waals surface area contributed by atoms with Gasteiger partial charge in [0.15, 0.2) is 0 Å². The fourth-order valence-electron chi connectivity index (χ4n) is 1.76. The van der Waals surface area contributed by atoms with Crippen LogP contribution in [0.25, 0.3) is 0 Å². The number of aliphatic hydroxyl groups excluding tert-OH is 1. The third-order valence-electron chi connectivity index (χ3n) is 2.66. The molecule has 0 bridgehead atoms. The normalized spacial score (nSPS) is 12.9. The highest BCUT2D eigenvalue weighted by Gasteiger charge is 2.16. The van der Waals surface area contributed by atoms with Gasteiger partial charge in [0.05, 0.1) is 17.4 Å². The summed E-state index contributed by atoms with van der Waals surface area (Å²) in [6.45, 7) is 1.80. The van der Waals surface area contributed by atoms with Crippen molar-refractivity contribution in [2.45, 2.75) is 31.6 Å². The van der Waals surface area contributed by atoms with Crippen molar-refractivity contribution in [2.24, 2.45) is 0 Å². The average molecular weight is 282 g/mol. The van der Waals surface area contributed by atoms with Gasteiger partial charge < -0.3 is 5.11 Å². The molecule has 0 fully saturated rings. The van der Waals surface area contributed by atoms with Gasteiger partial charge in [0.2, 0.25) is 10.0 Å². The third-order valence-corrected chi connectivity index (χ3v) is 4.11. The second-order valence-electron chi connectivity index (χ2n) is 4.41. The Hall–Kier alpha value is -1.42. The molecule has 0 aliphatic heterocycles. The number of rotatable bonds is 7. The zero-order valence-corrected chi connectivity index (χ0v) is 11.7. The van der Waals surface area contributed by atoms with Gasteiger partial charge in [0, 0.05) is 12.6 Å². The summed E-state index contributed by atoms with van der Waals surface area (Å²) >= 11 is 0. The molecule has 2 N–H and O–H groups in total. The summed E-state index contributed by atoms with van der Waals surface area (Å²) < 4.78 is 26.5. The predicted molar refractivity (Wildman–Crippen MR) is 72.7 cm³/mol. The molecule has 1 aromatic rings. The second kappa shape index (κ2) is 7.24. The Bertz CT molecular complexity index is 549. The molecule has 0 saturated carbocycles. The first-order valence-electron chi connectivity index (χ1n) is 6.07. The van der Waals surface area contributed by atoms with E-state index in [9.17, 15) is 8.42 Å². The van der Waals surface area contributed by atoms with Crippen LogP contribution in [0.15, 0.2) is 24.3 Å². The quantitative estimate of drug-likeness (QED) is 0.784. The van der Waals surface area contributed by atoms with Crippen LogP contribution < -0.4 is 4.72 Å². The molecule has 5 nitrogen and oxygen atoms in total. The minimum absolute atomic E-state index is 0.0450. The van der Waals surface area contributed by atoms with Gasteiger partial charge in [-0.2, -0.15) is 5.26 Å². The maximum atomic E-state index is 12.0.